The van der Waals surface area contributed by atoms with Gasteiger partial charge in [-0.2, -0.15) is 0 Å². The van der Waals surface area contributed by atoms with Crippen LogP contribution < -0.4 is 5.32 Å². The van der Waals surface area contributed by atoms with Gasteiger partial charge in [0.2, 0.25) is 0 Å². The Morgan fingerprint density at radius 1 is 1.28 bits per heavy atom. The Hall–Kier alpha value is -1.75. The molecule has 1 N–H and O–H groups in total. The number of imidazole rings is 1. The molecule has 0 radical (unpaired) electrons. The molecule has 1 unspecified atom stereocenters. The summed E-state index contributed by atoms with van der Waals surface area (Å²) in [5.74, 6) is 0.984. The molecule has 5 nitrogen and oxygen atoms in total. The van der Waals surface area contributed by atoms with Gasteiger partial charge in [0, 0.05) is 25.1 Å². The van der Waals surface area contributed by atoms with E-state index in [9.17, 15) is 0 Å². The molecule has 2 aromatic heterocycles. The van der Waals surface area contributed by atoms with Gasteiger partial charge in [-0.25, -0.2) is 4.98 Å². The summed E-state index contributed by atoms with van der Waals surface area (Å²) in [6.45, 7) is 5.06. The molecular formula is C13H19N5. The van der Waals surface area contributed by atoms with Crippen LogP contribution in [0.5, 0.6) is 0 Å². The first-order valence-corrected chi connectivity index (χ1v) is 6.23. The van der Waals surface area contributed by atoms with Crippen LogP contribution in [0.4, 0.5) is 0 Å². The Bertz CT molecular complexity index is 488. The van der Waals surface area contributed by atoms with Crippen LogP contribution in [0.15, 0.2) is 24.8 Å². The Morgan fingerprint density at radius 3 is 2.72 bits per heavy atom. The van der Waals surface area contributed by atoms with Gasteiger partial charge < -0.3 is 9.88 Å². The van der Waals surface area contributed by atoms with E-state index in [0.29, 0.717) is 0 Å². The molecule has 1 atom stereocenters. The summed E-state index contributed by atoms with van der Waals surface area (Å²) < 4.78 is 2.16. The van der Waals surface area contributed by atoms with Crippen molar-refractivity contribution in [3.63, 3.8) is 0 Å². The highest BCUT2D eigenvalue weighted by Crippen LogP contribution is 2.18. The first-order chi connectivity index (χ1) is 8.76. The van der Waals surface area contributed by atoms with Crippen LogP contribution in [0.3, 0.4) is 0 Å². The third kappa shape index (κ3) is 2.56. The smallest absolute Gasteiger partial charge is 0.132 e. The van der Waals surface area contributed by atoms with Gasteiger partial charge in [0.05, 0.1) is 17.6 Å². The average molecular weight is 245 g/mol. The van der Waals surface area contributed by atoms with E-state index in [2.05, 4.69) is 31.8 Å². The van der Waals surface area contributed by atoms with Crippen molar-refractivity contribution >= 4 is 0 Å². The van der Waals surface area contributed by atoms with Gasteiger partial charge in [0.25, 0.3) is 0 Å². The molecular weight excluding hydrogens is 226 g/mol. The number of hydrogen-bond acceptors (Lipinski definition) is 4. The predicted octanol–water partition coefficient (Wildman–Crippen LogP) is 1.70. The quantitative estimate of drug-likeness (QED) is 0.871. The molecule has 0 fully saturated rings. The molecule has 0 aliphatic rings. The maximum atomic E-state index is 4.44. The van der Waals surface area contributed by atoms with Crippen LogP contribution in [0.25, 0.3) is 0 Å². The SMILES string of the molecule is CCCn1ccnc1C(NC)c1cnc(C)cn1. The molecule has 2 heterocycles. The summed E-state index contributed by atoms with van der Waals surface area (Å²) >= 11 is 0. The monoisotopic (exact) mass is 245 g/mol. The normalized spacial score (nSPS) is 12.6. The zero-order valence-corrected chi connectivity index (χ0v) is 11.1. The highest BCUT2D eigenvalue weighted by atomic mass is 15.1. The maximum Gasteiger partial charge on any atom is 0.132 e. The molecule has 2 aromatic rings. The number of hydrogen-bond donors (Lipinski definition) is 1. The Kier molecular flexibility index (Phi) is 4.04. The lowest BCUT2D eigenvalue weighted by molar-refractivity contribution is 0.557. The molecule has 0 spiro atoms. The minimum absolute atomic E-state index is 0.0142. The van der Waals surface area contributed by atoms with Gasteiger partial charge in [0.1, 0.15) is 11.9 Å². The zero-order chi connectivity index (χ0) is 13.0. The topological polar surface area (TPSA) is 55.6 Å². The fourth-order valence-corrected chi connectivity index (χ4v) is 1.97. The summed E-state index contributed by atoms with van der Waals surface area (Å²) in [5, 5.41) is 3.25. The van der Waals surface area contributed by atoms with Crippen molar-refractivity contribution in [2.75, 3.05) is 7.05 Å². The Labute approximate surface area is 107 Å². The van der Waals surface area contributed by atoms with Crippen LogP contribution in [0, 0.1) is 6.92 Å². The standard InChI is InChI=1S/C13H19N5/c1-4-6-18-7-5-15-13(18)12(14-3)11-9-16-10(2)8-17-11/h5,7-9,12,14H,4,6H2,1-3H3. The molecule has 2 rings (SSSR count). The molecule has 0 aromatic carbocycles. The average Bonchev–Trinajstić information content (AvgIpc) is 2.82. The van der Waals surface area contributed by atoms with Crippen LogP contribution in [-0.2, 0) is 6.54 Å². The second kappa shape index (κ2) is 5.73. The second-order valence-corrected chi connectivity index (χ2v) is 4.28. The van der Waals surface area contributed by atoms with Gasteiger partial charge in [-0.1, -0.05) is 6.92 Å². The second-order valence-electron chi connectivity index (χ2n) is 4.28. The highest BCUT2D eigenvalue weighted by Gasteiger charge is 2.18. The maximum absolute atomic E-state index is 4.44. The van der Waals surface area contributed by atoms with Crippen LogP contribution in [-0.4, -0.2) is 26.6 Å². The third-order valence-electron chi connectivity index (χ3n) is 2.86. The molecule has 0 aliphatic heterocycles. The van der Waals surface area contributed by atoms with E-state index in [1.54, 1.807) is 6.20 Å². The van der Waals surface area contributed by atoms with Crippen molar-refractivity contribution in [2.24, 2.45) is 0 Å². The van der Waals surface area contributed by atoms with E-state index in [1.807, 2.05) is 32.6 Å². The van der Waals surface area contributed by atoms with Crippen LogP contribution >= 0.6 is 0 Å². The lowest BCUT2D eigenvalue weighted by Crippen LogP contribution is -2.23. The minimum atomic E-state index is -0.0142. The molecule has 96 valence electrons. The molecule has 0 saturated carbocycles. The lowest BCUT2D eigenvalue weighted by Gasteiger charge is -2.16. The summed E-state index contributed by atoms with van der Waals surface area (Å²) in [6, 6.07) is -0.0142. The van der Waals surface area contributed by atoms with Gasteiger partial charge in [-0.05, 0) is 20.4 Å². The largest absolute Gasteiger partial charge is 0.333 e. The fraction of sp³-hybridized carbons (Fsp3) is 0.462. The number of nitrogens with zero attached hydrogens (tertiary/aromatic N) is 4. The molecule has 5 heteroatoms. The van der Waals surface area contributed by atoms with Gasteiger partial charge in [0.15, 0.2) is 0 Å². The molecule has 18 heavy (non-hydrogen) atoms. The third-order valence-corrected chi connectivity index (χ3v) is 2.86. The fourth-order valence-electron chi connectivity index (χ4n) is 1.97. The van der Waals surface area contributed by atoms with Gasteiger partial charge >= 0.3 is 0 Å². The van der Waals surface area contributed by atoms with Crippen molar-refractivity contribution < 1.29 is 0 Å². The van der Waals surface area contributed by atoms with Crippen molar-refractivity contribution in [3.05, 3.63) is 42.0 Å². The lowest BCUT2D eigenvalue weighted by atomic mass is 10.2. The van der Waals surface area contributed by atoms with E-state index >= 15 is 0 Å². The van der Waals surface area contributed by atoms with Gasteiger partial charge in [-0.15, -0.1) is 0 Å². The number of aryl methyl sites for hydroxylation is 2. The van der Waals surface area contributed by atoms with E-state index in [4.69, 9.17) is 0 Å². The van der Waals surface area contributed by atoms with E-state index in [-0.39, 0.29) is 6.04 Å². The first kappa shape index (κ1) is 12.7. The highest BCUT2D eigenvalue weighted by molar-refractivity contribution is 5.16. The van der Waals surface area contributed by atoms with Crippen molar-refractivity contribution in [1.29, 1.82) is 0 Å². The number of aromatic nitrogens is 4. The van der Waals surface area contributed by atoms with Crippen molar-refractivity contribution in [2.45, 2.75) is 32.9 Å². The summed E-state index contributed by atoms with van der Waals surface area (Å²) in [7, 11) is 1.91. The number of rotatable bonds is 5. The Morgan fingerprint density at radius 2 is 2.11 bits per heavy atom. The molecule has 0 amide bonds. The molecule has 0 bridgehead atoms. The molecule has 0 saturated heterocycles. The van der Waals surface area contributed by atoms with E-state index < -0.39 is 0 Å². The van der Waals surface area contributed by atoms with Crippen molar-refractivity contribution in [3.8, 4) is 0 Å². The predicted molar refractivity (Wildman–Crippen MR) is 70.2 cm³/mol. The summed E-state index contributed by atoms with van der Waals surface area (Å²) in [4.78, 5) is 13.2. The summed E-state index contributed by atoms with van der Waals surface area (Å²) in [6.07, 6.45) is 8.51. The van der Waals surface area contributed by atoms with Gasteiger partial charge in [-0.3, -0.25) is 9.97 Å². The van der Waals surface area contributed by atoms with E-state index in [1.165, 1.54) is 0 Å². The van der Waals surface area contributed by atoms with E-state index in [0.717, 1.165) is 30.2 Å². The minimum Gasteiger partial charge on any atom is -0.333 e. The molecule has 0 aliphatic carbocycles. The zero-order valence-electron chi connectivity index (χ0n) is 11.1. The summed E-state index contributed by atoms with van der Waals surface area (Å²) in [5.41, 5.74) is 1.82. The van der Waals surface area contributed by atoms with Crippen LogP contribution in [0.2, 0.25) is 0 Å². The number of nitrogens with one attached hydrogen (secondary N) is 1. The van der Waals surface area contributed by atoms with Crippen LogP contribution in [0.1, 0.15) is 36.6 Å². The first-order valence-electron chi connectivity index (χ1n) is 6.23. The van der Waals surface area contributed by atoms with Crippen molar-refractivity contribution in [1.82, 2.24) is 24.8 Å². The Balaban J connectivity index is 2.32.